The van der Waals surface area contributed by atoms with Crippen LogP contribution in [0.2, 0.25) is 0 Å². The topological polar surface area (TPSA) is 30.5 Å². The van der Waals surface area contributed by atoms with Gasteiger partial charge in [0.25, 0.3) is 0 Å². The Morgan fingerprint density at radius 2 is 2.39 bits per heavy atom. The highest BCUT2D eigenvalue weighted by atomic mass is 16.5. The molecule has 2 saturated heterocycles. The molecule has 0 radical (unpaired) electrons. The second-order valence-corrected chi connectivity index (χ2v) is 5.80. The predicted molar refractivity (Wildman–Crippen MR) is 71.4 cm³/mol. The average Bonchev–Trinajstić information content (AvgIpc) is 3.03. The molecule has 0 aromatic heterocycles. The first-order valence-electron chi connectivity index (χ1n) is 7.60. The summed E-state index contributed by atoms with van der Waals surface area (Å²) in [5.41, 5.74) is 0. The molecule has 0 spiro atoms. The van der Waals surface area contributed by atoms with E-state index in [4.69, 9.17) is 9.47 Å². The van der Waals surface area contributed by atoms with Crippen LogP contribution in [0.3, 0.4) is 0 Å². The van der Waals surface area contributed by atoms with Gasteiger partial charge in [-0.25, -0.2) is 0 Å². The number of hydrogen-bond donors (Lipinski definition) is 1. The number of hydrogen-bond acceptors (Lipinski definition) is 3. The highest BCUT2D eigenvalue weighted by molar-refractivity contribution is 5.11. The summed E-state index contributed by atoms with van der Waals surface area (Å²) in [6.07, 6.45) is 10.5. The van der Waals surface area contributed by atoms with Gasteiger partial charge in [-0.2, -0.15) is 0 Å². The molecule has 4 atom stereocenters. The third-order valence-corrected chi connectivity index (χ3v) is 4.46. The quantitative estimate of drug-likeness (QED) is 0.814. The molecule has 0 aromatic rings. The molecule has 0 aliphatic carbocycles. The summed E-state index contributed by atoms with van der Waals surface area (Å²) in [7, 11) is 0. The predicted octanol–water partition coefficient (Wildman–Crippen LogP) is 2.62. The maximum atomic E-state index is 6.01. The van der Waals surface area contributed by atoms with Crippen LogP contribution in [0, 0.1) is 5.92 Å². The Hall–Kier alpha value is -0.540. The first kappa shape index (κ1) is 12.5. The molecule has 3 aliphatic rings. The molecule has 2 fully saturated rings. The van der Waals surface area contributed by atoms with E-state index in [-0.39, 0.29) is 0 Å². The molecule has 3 rings (SSSR count). The van der Waals surface area contributed by atoms with Crippen LogP contribution in [-0.4, -0.2) is 31.4 Å². The minimum atomic E-state index is 0.389. The standard InChI is InChI=1S/C15H25NO2/c1-2-8-16-15(14-5-3-4-9-17-14)12-10-11-6-7-13(12)18-11/h5,11-13,15-16H,2-4,6-10H2,1H3. The lowest BCUT2D eigenvalue weighted by Crippen LogP contribution is -2.43. The highest BCUT2D eigenvalue weighted by Crippen LogP contribution is 2.42. The van der Waals surface area contributed by atoms with E-state index in [1.807, 2.05) is 0 Å². The van der Waals surface area contributed by atoms with Crippen molar-refractivity contribution in [1.29, 1.82) is 0 Å². The number of rotatable bonds is 5. The van der Waals surface area contributed by atoms with Crippen molar-refractivity contribution in [2.75, 3.05) is 13.2 Å². The van der Waals surface area contributed by atoms with Gasteiger partial charge in [0, 0.05) is 5.92 Å². The van der Waals surface area contributed by atoms with Gasteiger partial charge >= 0.3 is 0 Å². The molecule has 1 N–H and O–H groups in total. The van der Waals surface area contributed by atoms with Gasteiger partial charge in [-0.3, -0.25) is 0 Å². The van der Waals surface area contributed by atoms with Crippen molar-refractivity contribution in [2.45, 2.75) is 63.7 Å². The Kier molecular flexibility index (Phi) is 3.90. The fourth-order valence-corrected chi connectivity index (χ4v) is 3.58. The molecular formula is C15H25NO2. The monoisotopic (exact) mass is 251 g/mol. The van der Waals surface area contributed by atoms with Crippen LogP contribution in [0.4, 0.5) is 0 Å². The number of nitrogens with one attached hydrogen (secondary N) is 1. The van der Waals surface area contributed by atoms with Gasteiger partial charge in [-0.1, -0.05) is 6.92 Å². The molecule has 102 valence electrons. The van der Waals surface area contributed by atoms with Crippen LogP contribution < -0.4 is 5.32 Å². The molecule has 3 nitrogen and oxygen atoms in total. The SMILES string of the molecule is CCCNC(C1=CCCCO1)C1CC2CCC1O2. The van der Waals surface area contributed by atoms with Crippen LogP contribution in [0.15, 0.2) is 11.8 Å². The summed E-state index contributed by atoms with van der Waals surface area (Å²) < 4.78 is 11.9. The van der Waals surface area contributed by atoms with E-state index in [0.29, 0.717) is 24.2 Å². The fourth-order valence-electron chi connectivity index (χ4n) is 3.58. The van der Waals surface area contributed by atoms with Crippen molar-refractivity contribution >= 4 is 0 Å². The Balaban J connectivity index is 1.70. The van der Waals surface area contributed by atoms with Crippen LogP contribution in [0.25, 0.3) is 0 Å². The van der Waals surface area contributed by atoms with E-state index in [2.05, 4.69) is 18.3 Å². The fraction of sp³-hybridized carbons (Fsp3) is 0.867. The minimum absolute atomic E-state index is 0.389. The van der Waals surface area contributed by atoms with Gasteiger partial charge in [-0.15, -0.1) is 0 Å². The summed E-state index contributed by atoms with van der Waals surface area (Å²) in [5.74, 6) is 1.82. The largest absolute Gasteiger partial charge is 0.497 e. The molecule has 3 heterocycles. The number of fused-ring (bicyclic) bond motifs is 2. The van der Waals surface area contributed by atoms with Gasteiger partial charge in [0.15, 0.2) is 0 Å². The highest BCUT2D eigenvalue weighted by Gasteiger charge is 2.45. The van der Waals surface area contributed by atoms with Crippen LogP contribution >= 0.6 is 0 Å². The zero-order valence-corrected chi connectivity index (χ0v) is 11.4. The van der Waals surface area contributed by atoms with E-state index >= 15 is 0 Å². The molecule has 0 saturated carbocycles. The molecule has 4 unspecified atom stereocenters. The van der Waals surface area contributed by atoms with Crippen LogP contribution in [0.5, 0.6) is 0 Å². The van der Waals surface area contributed by atoms with E-state index in [0.717, 1.165) is 19.6 Å². The zero-order valence-electron chi connectivity index (χ0n) is 11.4. The Morgan fingerprint density at radius 3 is 3.00 bits per heavy atom. The van der Waals surface area contributed by atoms with E-state index in [1.54, 1.807) is 0 Å². The zero-order chi connectivity index (χ0) is 12.4. The Labute approximate surface area is 110 Å². The van der Waals surface area contributed by atoms with Crippen molar-refractivity contribution in [3.05, 3.63) is 11.8 Å². The smallest absolute Gasteiger partial charge is 0.109 e. The molecule has 18 heavy (non-hydrogen) atoms. The first-order valence-corrected chi connectivity index (χ1v) is 7.60. The summed E-state index contributed by atoms with van der Waals surface area (Å²) in [5, 5.41) is 3.69. The molecule has 3 aliphatic heterocycles. The van der Waals surface area contributed by atoms with Gasteiger partial charge in [0.2, 0.25) is 0 Å². The van der Waals surface area contributed by atoms with Crippen LogP contribution in [0.1, 0.15) is 45.4 Å². The summed E-state index contributed by atoms with van der Waals surface area (Å²) >= 11 is 0. The molecular weight excluding hydrogens is 226 g/mol. The molecule has 2 bridgehead atoms. The van der Waals surface area contributed by atoms with Crippen molar-refractivity contribution < 1.29 is 9.47 Å². The van der Waals surface area contributed by atoms with Crippen molar-refractivity contribution in [1.82, 2.24) is 5.32 Å². The van der Waals surface area contributed by atoms with Gasteiger partial charge in [0.1, 0.15) is 5.76 Å². The summed E-state index contributed by atoms with van der Waals surface area (Å²) in [4.78, 5) is 0. The van der Waals surface area contributed by atoms with Crippen molar-refractivity contribution in [3.63, 3.8) is 0 Å². The van der Waals surface area contributed by atoms with Gasteiger partial charge in [-0.05, 0) is 51.1 Å². The minimum Gasteiger partial charge on any atom is -0.497 e. The maximum Gasteiger partial charge on any atom is 0.109 e. The maximum absolute atomic E-state index is 6.01. The molecule has 3 heteroatoms. The second kappa shape index (κ2) is 5.62. The lowest BCUT2D eigenvalue weighted by Gasteiger charge is -2.32. The third-order valence-electron chi connectivity index (χ3n) is 4.46. The van der Waals surface area contributed by atoms with E-state index in [1.165, 1.54) is 37.9 Å². The van der Waals surface area contributed by atoms with E-state index < -0.39 is 0 Å². The van der Waals surface area contributed by atoms with E-state index in [9.17, 15) is 0 Å². The molecule has 0 amide bonds. The van der Waals surface area contributed by atoms with Crippen LogP contribution in [-0.2, 0) is 9.47 Å². The lowest BCUT2D eigenvalue weighted by molar-refractivity contribution is 0.0780. The second-order valence-electron chi connectivity index (χ2n) is 5.80. The van der Waals surface area contributed by atoms with Gasteiger partial charge < -0.3 is 14.8 Å². The first-order chi connectivity index (χ1) is 8.88. The van der Waals surface area contributed by atoms with Crippen molar-refractivity contribution in [2.24, 2.45) is 5.92 Å². The third kappa shape index (κ3) is 2.43. The lowest BCUT2D eigenvalue weighted by atomic mass is 9.82. The van der Waals surface area contributed by atoms with Crippen molar-refractivity contribution in [3.8, 4) is 0 Å². The normalized spacial score (nSPS) is 36.3. The van der Waals surface area contributed by atoms with Gasteiger partial charge in [0.05, 0.1) is 24.9 Å². The average molecular weight is 251 g/mol. The Bertz CT molecular complexity index is 316. The summed E-state index contributed by atoms with van der Waals surface area (Å²) in [6.45, 7) is 4.18. The summed E-state index contributed by atoms with van der Waals surface area (Å²) in [6, 6.07) is 0.389. The Morgan fingerprint density at radius 1 is 1.44 bits per heavy atom. The number of ether oxygens (including phenoxy) is 2. The number of allylic oxidation sites excluding steroid dienone is 1. The molecule has 0 aromatic carbocycles.